The fraction of sp³-hybridized carbons (Fsp3) is 0.333. The lowest BCUT2D eigenvalue weighted by atomic mass is 10.1. The lowest BCUT2D eigenvalue weighted by Gasteiger charge is -2.16. The summed E-state index contributed by atoms with van der Waals surface area (Å²) in [5, 5.41) is 0. The Morgan fingerprint density at radius 2 is 1.14 bits per heavy atom. The Bertz CT molecular complexity index is 577. The number of rotatable bonds is 4. The average Bonchev–Trinajstić information content (AvgIpc) is 2.96. The van der Waals surface area contributed by atoms with Gasteiger partial charge in [-0.05, 0) is 29.5 Å². The molecule has 0 N–H and O–H groups in total. The summed E-state index contributed by atoms with van der Waals surface area (Å²) in [5.74, 6) is 0. The molecule has 1 fully saturated rings. The Morgan fingerprint density at radius 3 is 1.50 bits per heavy atom. The van der Waals surface area contributed by atoms with Gasteiger partial charge < -0.3 is 0 Å². The Kier molecular flexibility index (Phi) is 4.68. The topological polar surface area (TPSA) is 23.6 Å². The number of benzene rings is 2. The molecule has 0 spiro atoms. The maximum atomic E-state index is 12.9. The fourth-order valence-corrected chi connectivity index (χ4v) is 4.69. The van der Waals surface area contributed by atoms with E-state index >= 15 is 0 Å². The third-order valence-corrected chi connectivity index (χ3v) is 6.43. The van der Waals surface area contributed by atoms with Crippen molar-refractivity contribution in [1.29, 1.82) is 0 Å². The van der Waals surface area contributed by atoms with Crippen LogP contribution in [-0.2, 0) is 4.57 Å². The van der Waals surface area contributed by atoms with Crippen molar-refractivity contribution in [3.63, 3.8) is 0 Å². The molecule has 22 heavy (non-hydrogen) atoms. The summed E-state index contributed by atoms with van der Waals surface area (Å²) in [6, 6.07) is 21.0. The lowest BCUT2D eigenvalue weighted by molar-refractivity contribution is 0.377. The summed E-state index contributed by atoms with van der Waals surface area (Å²) >= 11 is 0. The molecule has 0 aliphatic carbocycles. The van der Waals surface area contributed by atoms with Crippen molar-refractivity contribution in [2.45, 2.75) is 25.9 Å². The molecule has 3 rings (SSSR count). The van der Waals surface area contributed by atoms with Gasteiger partial charge in [0.15, 0.2) is 0 Å². The van der Waals surface area contributed by atoms with Crippen LogP contribution in [0.4, 0.5) is 0 Å². The Balaban J connectivity index is 1.75. The molecule has 3 nitrogen and oxygen atoms in total. The van der Waals surface area contributed by atoms with Crippen molar-refractivity contribution in [3.05, 3.63) is 71.8 Å². The van der Waals surface area contributed by atoms with Gasteiger partial charge in [-0.25, -0.2) is 0 Å². The molecule has 114 valence electrons. The summed E-state index contributed by atoms with van der Waals surface area (Å²) in [4.78, 5) is 0. The standard InChI is InChI=1S/C18H22N2OP/c1-15(17-9-5-3-6-10-17)19-13-14-20(22(19)21)16(2)18-11-7-4-8-12-18/h3-12,15-16H,13-14H2,1-2H3/q+1/t15-,16+. The van der Waals surface area contributed by atoms with Crippen LogP contribution in [0.3, 0.4) is 0 Å². The molecule has 4 heteroatoms. The van der Waals surface area contributed by atoms with E-state index in [4.69, 9.17) is 0 Å². The second-order valence-electron chi connectivity index (χ2n) is 5.75. The molecule has 0 radical (unpaired) electrons. The first kappa shape index (κ1) is 15.4. The van der Waals surface area contributed by atoms with E-state index in [-0.39, 0.29) is 12.1 Å². The Labute approximate surface area is 133 Å². The first-order valence-corrected chi connectivity index (χ1v) is 8.95. The molecule has 0 aromatic heterocycles. The highest BCUT2D eigenvalue weighted by Crippen LogP contribution is 2.48. The van der Waals surface area contributed by atoms with Gasteiger partial charge in [0.1, 0.15) is 0 Å². The minimum absolute atomic E-state index is 0.179. The zero-order chi connectivity index (χ0) is 15.5. The van der Waals surface area contributed by atoms with Gasteiger partial charge in [-0.2, -0.15) is 0 Å². The van der Waals surface area contributed by atoms with Crippen molar-refractivity contribution >= 4 is 8.10 Å². The van der Waals surface area contributed by atoms with Crippen molar-refractivity contribution in [2.75, 3.05) is 13.1 Å². The van der Waals surface area contributed by atoms with Gasteiger partial charge in [0.05, 0.1) is 25.2 Å². The van der Waals surface area contributed by atoms with E-state index < -0.39 is 8.10 Å². The second-order valence-corrected chi connectivity index (χ2v) is 7.29. The molecule has 1 aliphatic rings. The summed E-state index contributed by atoms with van der Waals surface area (Å²) < 4.78 is 17.2. The molecular weight excluding hydrogens is 291 g/mol. The van der Waals surface area contributed by atoms with Crippen LogP contribution in [0.15, 0.2) is 60.7 Å². The number of hydrogen-bond acceptors (Lipinski definition) is 1. The van der Waals surface area contributed by atoms with Gasteiger partial charge in [0.25, 0.3) is 0 Å². The van der Waals surface area contributed by atoms with Crippen LogP contribution in [0.25, 0.3) is 0 Å². The molecule has 0 saturated carbocycles. The van der Waals surface area contributed by atoms with Crippen LogP contribution in [0, 0.1) is 0 Å². The van der Waals surface area contributed by atoms with Gasteiger partial charge in [-0.15, -0.1) is 0 Å². The molecular formula is C18H22N2OP+. The van der Waals surface area contributed by atoms with E-state index in [9.17, 15) is 4.57 Å². The van der Waals surface area contributed by atoms with Crippen LogP contribution in [0.1, 0.15) is 37.1 Å². The maximum Gasteiger partial charge on any atom is 0.538 e. The highest BCUT2D eigenvalue weighted by atomic mass is 31.1. The first-order chi connectivity index (χ1) is 10.7. The van der Waals surface area contributed by atoms with Crippen LogP contribution < -0.4 is 0 Å². The number of nitrogens with zero attached hydrogens (tertiary/aromatic N) is 2. The van der Waals surface area contributed by atoms with E-state index in [0.717, 1.165) is 13.1 Å². The normalized spacial score (nSPS) is 20.9. The van der Waals surface area contributed by atoms with Crippen LogP contribution in [0.5, 0.6) is 0 Å². The van der Waals surface area contributed by atoms with Crippen LogP contribution in [0.2, 0.25) is 0 Å². The van der Waals surface area contributed by atoms with Crippen LogP contribution in [-0.4, -0.2) is 22.4 Å². The van der Waals surface area contributed by atoms with E-state index in [0.29, 0.717) is 0 Å². The summed E-state index contributed by atoms with van der Waals surface area (Å²) in [5.41, 5.74) is 2.44. The summed E-state index contributed by atoms with van der Waals surface area (Å²) in [7, 11) is -1.50. The molecule has 2 aromatic carbocycles. The van der Waals surface area contributed by atoms with Gasteiger partial charge in [0, 0.05) is 0 Å². The van der Waals surface area contributed by atoms with E-state index in [1.165, 1.54) is 11.1 Å². The average molecular weight is 313 g/mol. The van der Waals surface area contributed by atoms with Gasteiger partial charge in [0.2, 0.25) is 0 Å². The SMILES string of the molecule is C[C@H](c1ccccc1)N1CCN([C@@H](C)c2ccccc2)[P+]1=O. The molecule has 0 bridgehead atoms. The zero-order valence-electron chi connectivity index (χ0n) is 13.1. The fourth-order valence-electron chi connectivity index (χ4n) is 3.01. The Hall–Kier alpha value is -1.54. The molecule has 2 aromatic rings. The quantitative estimate of drug-likeness (QED) is 0.759. The van der Waals surface area contributed by atoms with Crippen LogP contribution >= 0.6 is 8.10 Å². The Morgan fingerprint density at radius 1 is 0.773 bits per heavy atom. The minimum atomic E-state index is -1.50. The van der Waals surface area contributed by atoms with Gasteiger partial charge in [-0.1, -0.05) is 70.0 Å². The maximum absolute atomic E-state index is 12.9. The molecule has 1 unspecified atom stereocenters. The number of hydrogen-bond donors (Lipinski definition) is 0. The lowest BCUT2D eigenvalue weighted by Crippen LogP contribution is -2.17. The predicted octanol–water partition coefficient (Wildman–Crippen LogP) is 4.78. The monoisotopic (exact) mass is 313 g/mol. The van der Waals surface area contributed by atoms with Crippen molar-refractivity contribution in [3.8, 4) is 0 Å². The second kappa shape index (κ2) is 6.70. The molecule has 1 heterocycles. The summed E-state index contributed by atoms with van der Waals surface area (Å²) in [6.07, 6.45) is 0. The third-order valence-electron chi connectivity index (χ3n) is 4.46. The minimum Gasteiger partial charge on any atom is -0.0703 e. The van der Waals surface area contributed by atoms with Crippen molar-refractivity contribution in [2.24, 2.45) is 0 Å². The van der Waals surface area contributed by atoms with E-state index in [2.05, 4.69) is 47.5 Å². The van der Waals surface area contributed by atoms with E-state index in [1.54, 1.807) is 0 Å². The smallest absolute Gasteiger partial charge is 0.0703 e. The van der Waals surface area contributed by atoms with Crippen molar-refractivity contribution < 1.29 is 4.57 Å². The third kappa shape index (κ3) is 2.98. The van der Waals surface area contributed by atoms with Gasteiger partial charge >= 0.3 is 8.10 Å². The molecule has 0 amide bonds. The zero-order valence-corrected chi connectivity index (χ0v) is 14.0. The highest BCUT2D eigenvalue weighted by Gasteiger charge is 2.48. The first-order valence-electron chi connectivity index (χ1n) is 7.78. The molecule has 1 aliphatic heterocycles. The largest absolute Gasteiger partial charge is 0.538 e. The molecule has 3 atom stereocenters. The van der Waals surface area contributed by atoms with Crippen molar-refractivity contribution in [1.82, 2.24) is 9.34 Å². The predicted molar refractivity (Wildman–Crippen MR) is 90.7 cm³/mol. The highest BCUT2D eigenvalue weighted by molar-refractivity contribution is 7.39. The molecule has 1 saturated heterocycles. The summed E-state index contributed by atoms with van der Waals surface area (Å²) in [6.45, 7) is 5.98. The van der Waals surface area contributed by atoms with Gasteiger partial charge in [-0.3, -0.25) is 0 Å². The van der Waals surface area contributed by atoms with E-state index in [1.807, 2.05) is 36.4 Å².